The topological polar surface area (TPSA) is 98.2 Å². The maximum Gasteiger partial charge on any atom is 0.340 e. The van der Waals surface area contributed by atoms with Crippen molar-refractivity contribution in [3.05, 3.63) is 50.5 Å². The molecule has 7 nitrogen and oxygen atoms in total. The molecule has 0 aliphatic heterocycles. The Labute approximate surface area is 151 Å². The Hall–Kier alpha value is -3.00. The summed E-state index contributed by atoms with van der Waals surface area (Å²) in [6.07, 6.45) is 1.57. The van der Waals surface area contributed by atoms with Crippen molar-refractivity contribution in [2.75, 3.05) is 5.32 Å². The van der Waals surface area contributed by atoms with Crippen molar-refractivity contribution in [2.45, 2.75) is 27.2 Å². The zero-order chi connectivity index (χ0) is 18.4. The van der Waals surface area contributed by atoms with E-state index in [1.54, 1.807) is 19.3 Å². The van der Waals surface area contributed by atoms with E-state index < -0.39 is 5.63 Å². The summed E-state index contributed by atoms with van der Waals surface area (Å²) in [5.74, 6) is -0.337. The Kier molecular flexibility index (Phi) is 3.84. The zero-order valence-electron chi connectivity index (χ0n) is 14.4. The van der Waals surface area contributed by atoms with Crippen LogP contribution in [0.5, 0.6) is 0 Å². The lowest BCUT2D eigenvalue weighted by Gasteiger charge is -2.08. The van der Waals surface area contributed by atoms with Gasteiger partial charge < -0.3 is 14.2 Å². The number of fused-ring (bicyclic) bond motifs is 2. The van der Waals surface area contributed by atoms with Gasteiger partial charge in [0.1, 0.15) is 16.2 Å². The monoisotopic (exact) mass is 369 g/mol. The van der Waals surface area contributed by atoms with Crippen LogP contribution in [0.25, 0.3) is 21.9 Å². The predicted octanol–water partition coefficient (Wildman–Crippen LogP) is 3.50. The van der Waals surface area contributed by atoms with Crippen LogP contribution in [0.3, 0.4) is 0 Å². The van der Waals surface area contributed by atoms with Gasteiger partial charge in [-0.05, 0) is 38.0 Å². The number of benzene rings is 1. The second kappa shape index (κ2) is 6.06. The molecule has 0 aliphatic carbocycles. The first-order chi connectivity index (χ1) is 12.4. The van der Waals surface area contributed by atoms with Gasteiger partial charge in [0.25, 0.3) is 0 Å². The summed E-state index contributed by atoms with van der Waals surface area (Å²) in [7, 11) is 0. The van der Waals surface area contributed by atoms with Crippen LogP contribution in [0.15, 0.2) is 32.0 Å². The number of aryl methyl sites for hydroxylation is 3. The molecule has 0 spiro atoms. The first-order valence-corrected chi connectivity index (χ1v) is 8.78. The van der Waals surface area contributed by atoms with Gasteiger partial charge in [-0.2, -0.15) is 0 Å². The Balaban J connectivity index is 1.74. The molecule has 4 aromatic rings. The molecular weight excluding hydrogens is 354 g/mol. The van der Waals surface area contributed by atoms with Gasteiger partial charge in [0.05, 0.1) is 18.2 Å². The van der Waals surface area contributed by atoms with E-state index in [2.05, 4.69) is 15.5 Å². The average Bonchev–Trinajstić information content (AvgIpc) is 3.16. The summed E-state index contributed by atoms with van der Waals surface area (Å²) < 4.78 is 10.9. The van der Waals surface area contributed by atoms with Crippen LogP contribution in [0.4, 0.5) is 5.13 Å². The van der Waals surface area contributed by atoms with Crippen LogP contribution in [-0.2, 0) is 11.2 Å². The zero-order valence-corrected chi connectivity index (χ0v) is 15.2. The molecule has 4 rings (SSSR count). The fraction of sp³-hybridized carbons (Fsp3) is 0.222. The van der Waals surface area contributed by atoms with E-state index in [1.165, 1.54) is 11.3 Å². The molecule has 0 saturated heterocycles. The molecule has 1 aromatic carbocycles. The second-order valence-corrected chi connectivity index (χ2v) is 7.29. The number of amides is 1. The third-order valence-corrected chi connectivity index (χ3v) is 5.04. The molecular formula is C18H15N3O4S. The standard InChI is InChI=1S/C18H15N3O4S/c1-8-7-24-14-6-15-12(4-11(8)14)9(2)13(17(23)25-15)5-16(22)19-18-21-20-10(3)26-18/h4,6-7H,5H2,1-3H3,(H,19,21,22). The van der Waals surface area contributed by atoms with Crippen molar-refractivity contribution in [1.82, 2.24) is 10.2 Å². The number of furan rings is 1. The van der Waals surface area contributed by atoms with Crippen molar-refractivity contribution in [3.63, 3.8) is 0 Å². The minimum atomic E-state index is -0.527. The molecule has 0 saturated carbocycles. The van der Waals surface area contributed by atoms with Gasteiger partial charge in [-0.3, -0.25) is 4.79 Å². The molecule has 1 N–H and O–H groups in total. The predicted molar refractivity (Wildman–Crippen MR) is 98.7 cm³/mol. The maximum absolute atomic E-state index is 12.4. The van der Waals surface area contributed by atoms with E-state index in [0.717, 1.165) is 26.9 Å². The van der Waals surface area contributed by atoms with Gasteiger partial charge in [0.15, 0.2) is 0 Å². The van der Waals surface area contributed by atoms with Crippen molar-refractivity contribution >= 4 is 44.3 Å². The number of anilines is 1. The second-order valence-electron chi connectivity index (χ2n) is 6.11. The molecule has 3 aromatic heterocycles. The molecule has 0 radical (unpaired) electrons. The number of carbonyl (C=O) groups excluding carboxylic acids is 1. The molecule has 0 fully saturated rings. The Morgan fingerprint density at radius 3 is 2.69 bits per heavy atom. The Bertz CT molecular complexity index is 1220. The number of nitrogens with zero attached hydrogens (tertiary/aromatic N) is 2. The van der Waals surface area contributed by atoms with Gasteiger partial charge in [0, 0.05) is 16.8 Å². The van der Waals surface area contributed by atoms with Gasteiger partial charge in [-0.25, -0.2) is 4.79 Å². The van der Waals surface area contributed by atoms with Gasteiger partial charge in [-0.1, -0.05) is 11.3 Å². The number of carbonyl (C=O) groups is 1. The SMILES string of the molecule is Cc1nnc(NC(=O)Cc2c(C)c3cc4c(C)coc4cc3oc2=O)s1. The van der Waals surface area contributed by atoms with E-state index >= 15 is 0 Å². The quantitative estimate of drug-likeness (QED) is 0.555. The Morgan fingerprint density at radius 2 is 1.96 bits per heavy atom. The van der Waals surface area contributed by atoms with Crippen LogP contribution in [0.2, 0.25) is 0 Å². The summed E-state index contributed by atoms with van der Waals surface area (Å²) in [5.41, 5.74) is 2.63. The average molecular weight is 369 g/mol. The highest BCUT2D eigenvalue weighted by molar-refractivity contribution is 7.15. The van der Waals surface area contributed by atoms with Crippen molar-refractivity contribution in [1.29, 1.82) is 0 Å². The van der Waals surface area contributed by atoms with Crippen molar-refractivity contribution in [2.24, 2.45) is 0 Å². The highest BCUT2D eigenvalue weighted by atomic mass is 32.1. The summed E-state index contributed by atoms with van der Waals surface area (Å²) in [4.78, 5) is 24.7. The van der Waals surface area contributed by atoms with E-state index in [9.17, 15) is 9.59 Å². The lowest BCUT2D eigenvalue weighted by molar-refractivity contribution is -0.115. The smallest absolute Gasteiger partial charge is 0.340 e. The van der Waals surface area contributed by atoms with Crippen molar-refractivity contribution in [3.8, 4) is 0 Å². The number of hydrogen-bond donors (Lipinski definition) is 1. The molecule has 0 aliphatic rings. The minimum Gasteiger partial charge on any atom is -0.464 e. The highest BCUT2D eigenvalue weighted by Gasteiger charge is 2.17. The molecule has 8 heteroatoms. The molecule has 1 amide bonds. The summed E-state index contributed by atoms with van der Waals surface area (Å²) in [6.45, 7) is 5.57. The van der Waals surface area contributed by atoms with Crippen molar-refractivity contribution < 1.29 is 13.6 Å². The maximum atomic E-state index is 12.4. The third-order valence-electron chi connectivity index (χ3n) is 4.28. The molecule has 0 bridgehead atoms. The fourth-order valence-electron chi connectivity index (χ4n) is 2.91. The van der Waals surface area contributed by atoms with Crippen LogP contribution >= 0.6 is 11.3 Å². The van der Waals surface area contributed by atoms with Crippen LogP contribution in [0.1, 0.15) is 21.7 Å². The van der Waals surface area contributed by atoms with Crippen LogP contribution in [-0.4, -0.2) is 16.1 Å². The molecule has 3 heterocycles. The summed E-state index contributed by atoms with van der Waals surface area (Å²) >= 11 is 1.28. The van der Waals surface area contributed by atoms with Gasteiger partial charge in [0.2, 0.25) is 11.0 Å². The Morgan fingerprint density at radius 1 is 1.15 bits per heavy atom. The first kappa shape index (κ1) is 16.5. The molecule has 132 valence electrons. The first-order valence-electron chi connectivity index (χ1n) is 7.96. The summed E-state index contributed by atoms with van der Waals surface area (Å²) in [6, 6.07) is 3.64. The number of rotatable bonds is 3. The normalized spacial score (nSPS) is 11.3. The third kappa shape index (κ3) is 2.78. The number of aromatic nitrogens is 2. The van der Waals surface area contributed by atoms with E-state index in [1.807, 2.05) is 19.9 Å². The van der Waals surface area contributed by atoms with E-state index in [0.29, 0.717) is 21.9 Å². The fourth-order valence-corrected chi connectivity index (χ4v) is 3.52. The lowest BCUT2D eigenvalue weighted by Crippen LogP contribution is -2.20. The number of hydrogen-bond acceptors (Lipinski definition) is 7. The van der Waals surface area contributed by atoms with Gasteiger partial charge in [-0.15, -0.1) is 10.2 Å². The summed E-state index contributed by atoms with van der Waals surface area (Å²) in [5, 5.41) is 13.3. The lowest BCUT2D eigenvalue weighted by atomic mass is 10.0. The van der Waals surface area contributed by atoms with Gasteiger partial charge >= 0.3 is 5.63 Å². The van der Waals surface area contributed by atoms with E-state index in [4.69, 9.17) is 8.83 Å². The largest absolute Gasteiger partial charge is 0.464 e. The minimum absolute atomic E-state index is 0.0921. The highest BCUT2D eigenvalue weighted by Crippen LogP contribution is 2.29. The van der Waals surface area contributed by atoms with Crippen LogP contribution < -0.4 is 10.9 Å². The molecule has 0 unspecified atom stereocenters. The molecule has 0 atom stereocenters. The molecule has 26 heavy (non-hydrogen) atoms. The van der Waals surface area contributed by atoms with Crippen LogP contribution in [0, 0.1) is 20.8 Å². The number of nitrogens with one attached hydrogen (secondary N) is 1. The van der Waals surface area contributed by atoms with E-state index in [-0.39, 0.29) is 12.3 Å².